The summed E-state index contributed by atoms with van der Waals surface area (Å²) in [5, 5.41) is 8.74. The number of methoxy groups -OCH3 is 1. The highest BCUT2D eigenvalue weighted by atomic mass is 16.5. The van der Waals surface area contributed by atoms with Gasteiger partial charge in [-0.25, -0.2) is 0 Å². The van der Waals surface area contributed by atoms with Crippen molar-refractivity contribution in [3.8, 4) is 0 Å². The molecule has 0 heterocycles. The normalized spacial score (nSPS) is 13.5. The van der Waals surface area contributed by atoms with Crippen LogP contribution in [0.5, 0.6) is 0 Å². The molecule has 0 spiro atoms. The van der Waals surface area contributed by atoms with Crippen LogP contribution < -0.4 is 0 Å². The number of rotatable bonds is 6. The van der Waals surface area contributed by atoms with Crippen LogP contribution in [0.2, 0.25) is 0 Å². The predicted octanol–water partition coefficient (Wildman–Crippen LogP) is 2.30. The quantitative estimate of drug-likeness (QED) is 0.642. The lowest BCUT2D eigenvalue weighted by Crippen LogP contribution is -1.86. The number of ether oxygens (including phenoxy) is 1. The van der Waals surface area contributed by atoms with E-state index in [0.717, 1.165) is 18.4 Å². The van der Waals surface area contributed by atoms with Gasteiger partial charge in [0.1, 0.15) is 0 Å². The molecule has 0 aromatic rings. The molecule has 0 amide bonds. The van der Waals surface area contributed by atoms with E-state index in [1.807, 2.05) is 6.92 Å². The first kappa shape index (κ1) is 12.4. The number of aliphatic hydroxyl groups is 1. The van der Waals surface area contributed by atoms with Gasteiger partial charge in [0.2, 0.25) is 0 Å². The molecule has 0 atom stereocenters. The third kappa shape index (κ3) is 7.75. The third-order valence-electron chi connectivity index (χ3n) is 1.88. The van der Waals surface area contributed by atoms with Gasteiger partial charge in [-0.05, 0) is 26.7 Å². The van der Waals surface area contributed by atoms with Crippen molar-refractivity contribution in [1.82, 2.24) is 0 Å². The molecule has 0 aliphatic carbocycles. The van der Waals surface area contributed by atoms with Crippen molar-refractivity contribution in [1.29, 1.82) is 0 Å². The molecule has 0 rings (SSSR count). The van der Waals surface area contributed by atoms with E-state index in [1.165, 1.54) is 5.57 Å². The lowest BCUT2D eigenvalue weighted by atomic mass is 10.1. The van der Waals surface area contributed by atoms with E-state index in [1.54, 1.807) is 7.11 Å². The molecule has 0 fully saturated rings. The maximum Gasteiger partial charge on any atom is 0.0646 e. The molecule has 0 aromatic carbocycles. The highest BCUT2D eigenvalue weighted by molar-refractivity contribution is 5.03. The summed E-state index contributed by atoms with van der Waals surface area (Å²) in [6.45, 7) is 4.89. The summed E-state index contributed by atoms with van der Waals surface area (Å²) in [6, 6.07) is 0. The van der Waals surface area contributed by atoms with Crippen molar-refractivity contribution in [3.05, 3.63) is 23.3 Å². The Morgan fingerprint density at radius 3 is 2.46 bits per heavy atom. The zero-order valence-corrected chi connectivity index (χ0v) is 8.84. The predicted molar refractivity (Wildman–Crippen MR) is 55.7 cm³/mol. The van der Waals surface area contributed by atoms with Crippen LogP contribution in [-0.2, 0) is 4.74 Å². The van der Waals surface area contributed by atoms with Crippen LogP contribution in [0.3, 0.4) is 0 Å². The summed E-state index contributed by atoms with van der Waals surface area (Å²) >= 11 is 0. The van der Waals surface area contributed by atoms with Gasteiger partial charge in [0, 0.05) is 7.11 Å². The number of hydrogen-bond donors (Lipinski definition) is 1. The Hall–Kier alpha value is -0.600. The van der Waals surface area contributed by atoms with Crippen LogP contribution in [0.15, 0.2) is 23.3 Å². The van der Waals surface area contributed by atoms with Crippen LogP contribution in [-0.4, -0.2) is 25.4 Å². The van der Waals surface area contributed by atoms with Gasteiger partial charge in [0.25, 0.3) is 0 Å². The molecular formula is C11H20O2. The Kier molecular flexibility index (Phi) is 7.65. The number of aliphatic hydroxyl groups excluding tert-OH is 1. The Labute approximate surface area is 80.9 Å². The van der Waals surface area contributed by atoms with Crippen molar-refractivity contribution >= 4 is 0 Å². The fourth-order valence-corrected chi connectivity index (χ4v) is 0.938. The van der Waals surface area contributed by atoms with E-state index in [2.05, 4.69) is 19.1 Å². The molecule has 0 aliphatic heterocycles. The van der Waals surface area contributed by atoms with Crippen LogP contribution in [0.1, 0.15) is 26.7 Å². The van der Waals surface area contributed by atoms with E-state index in [-0.39, 0.29) is 6.61 Å². The fourth-order valence-electron chi connectivity index (χ4n) is 0.938. The second-order valence-electron chi connectivity index (χ2n) is 3.25. The average Bonchev–Trinajstić information content (AvgIpc) is 2.14. The van der Waals surface area contributed by atoms with Crippen LogP contribution in [0, 0.1) is 0 Å². The molecule has 0 saturated carbocycles. The monoisotopic (exact) mass is 184 g/mol. The summed E-state index contributed by atoms with van der Waals surface area (Å²) < 4.78 is 4.93. The lowest BCUT2D eigenvalue weighted by molar-refractivity contribution is 0.233. The molecule has 1 N–H and O–H groups in total. The minimum atomic E-state index is 0.167. The van der Waals surface area contributed by atoms with Crippen molar-refractivity contribution in [2.24, 2.45) is 0 Å². The summed E-state index contributed by atoms with van der Waals surface area (Å²) in [5.74, 6) is 0. The molecule has 0 aromatic heterocycles. The Morgan fingerprint density at radius 1 is 1.23 bits per heavy atom. The SMILES string of the molecule is COC/C=C(\C)CC/C=C(\C)CO. The van der Waals surface area contributed by atoms with Gasteiger partial charge < -0.3 is 9.84 Å². The molecule has 0 radical (unpaired) electrons. The van der Waals surface area contributed by atoms with E-state index in [0.29, 0.717) is 6.61 Å². The Morgan fingerprint density at radius 2 is 1.92 bits per heavy atom. The highest BCUT2D eigenvalue weighted by Gasteiger charge is 1.89. The van der Waals surface area contributed by atoms with Gasteiger partial charge >= 0.3 is 0 Å². The van der Waals surface area contributed by atoms with E-state index < -0.39 is 0 Å². The molecular weight excluding hydrogens is 164 g/mol. The van der Waals surface area contributed by atoms with Gasteiger partial charge in [-0.15, -0.1) is 0 Å². The summed E-state index contributed by atoms with van der Waals surface area (Å²) in [4.78, 5) is 0. The molecule has 2 heteroatoms. The highest BCUT2D eigenvalue weighted by Crippen LogP contribution is 2.06. The summed E-state index contributed by atoms with van der Waals surface area (Å²) in [7, 11) is 1.69. The zero-order valence-electron chi connectivity index (χ0n) is 8.84. The van der Waals surface area contributed by atoms with E-state index >= 15 is 0 Å². The maximum atomic E-state index is 8.74. The first-order valence-corrected chi connectivity index (χ1v) is 4.61. The average molecular weight is 184 g/mol. The van der Waals surface area contributed by atoms with Gasteiger partial charge in [0.05, 0.1) is 13.2 Å². The molecule has 2 nitrogen and oxygen atoms in total. The lowest BCUT2D eigenvalue weighted by Gasteiger charge is -1.99. The first-order chi connectivity index (χ1) is 6.20. The Balaban J connectivity index is 3.63. The summed E-state index contributed by atoms with van der Waals surface area (Å²) in [5.41, 5.74) is 2.38. The van der Waals surface area contributed by atoms with E-state index in [9.17, 15) is 0 Å². The second-order valence-corrected chi connectivity index (χ2v) is 3.25. The van der Waals surface area contributed by atoms with Crippen molar-refractivity contribution in [2.45, 2.75) is 26.7 Å². The molecule has 13 heavy (non-hydrogen) atoms. The van der Waals surface area contributed by atoms with Gasteiger partial charge in [-0.1, -0.05) is 23.3 Å². The smallest absolute Gasteiger partial charge is 0.0646 e. The number of allylic oxidation sites excluding steroid dienone is 2. The van der Waals surface area contributed by atoms with Crippen molar-refractivity contribution in [3.63, 3.8) is 0 Å². The van der Waals surface area contributed by atoms with E-state index in [4.69, 9.17) is 9.84 Å². The van der Waals surface area contributed by atoms with Gasteiger partial charge in [-0.3, -0.25) is 0 Å². The minimum Gasteiger partial charge on any atom is -0.392 e. The van der Waals surface area contributed by atoms with Crippen molar-refractivity contribution in [2.75, 3.05) is 20.3 Å². The second kappa shape index (κ2) is 8.02. The summed E-state index contributed by atoms with van der Waals surface area (Å²) in [6.07, 6.45) is 6.20. The molecule has 0 bridgehead atoms. The minimum absolute atomic E-state index is 0.167. The van der Waals surface area contributed by atoms with Crippen LogP contribution >= 0.6 is 0 Å². The van der Waals surface area contributed by atoms with Crippen LogP contribution in [0.25, 0.3) is 0 Å². The molecule has 0 unspecified atom stereocenters. The zero-order chi connectivity index (χ0) is 10.1. The molecule has 0 aliphatic rings. The Bertz CT molecular complexity index is 181. The topological polar surface area (TPSA) is 29.5 Å². The van der Waals surface area contributed by atoms with Crippen LogP contribution in [0.4, 0.5) is 0 Å². The fraction of sp³-hybridized carbons (Fsp3) is 0.636. The standard InChI is InChI=1S/C11H20O2/c1-10(7-8-13-3)5-4-6-11(2)9-12/h6-7,12H,4-5,8-9H2,1-3H3/b10-7+,11-6+. The van der Waals surface area contributed by atoms with Gasteiger partial charge in [-0.2, -0.15) is 0 Å². The third-order valence-corrected chi connectivity index (χ3v) is 1.88. The maximum absolute atomic E-state index is 8.74. The molecule has 0 saturated heterocycles. The van der Waals surface area contributed by atoms with Gasteiger partial charge in [0.15, 0.2) is 0 Å². The van der Waals surface area contributed by atoms with Crippen molar-refractivity contribution < 1.29 is 9.84 Å². The number of hydrogen-bond acceptors (Lipinski definition) is 2. The largest absolute Gasteiger partial charge is 0.392 e. The molecule has 76 valence electrons. The first-order valence-electron chi connectivity index (χ1n) is 4.61.